The van der Waals surface area contributed by atoms with Crippen molar-refractivity contribution in [1.29, 1.82) is 0 Å². The number of aromatic nitrogens is 1. The van der Waals surface area contributed by atoms with Crippen LogP contribution in [0.2, 0.25) is 0 Å². The number of nitrogens with one attached hydrogen (secondary N) is 1. The standard InChI is InChI=1S/C23H24N4O4S/c1-18-14-21(8-9-22(18)31-2)32(29,30)27(16-20-6-4-3-5-7-20)17-23(28)26-25-15-19-10-12-24-13-11-19/h3-15H,16-17H2,1-2H3,(H,26,28)/b25-15+. The number of hydrazone groups is 1. The summed E-state index contributed by atoms with van der Waals surface area (Å²) in [6.07, 6.45) is 4.67. The molecule has 3 rings (SSSR count). The van der Waals surface area contributed by atoms with Crippen molar-refractivity contribution in [3.05, 3.63) is 89.7 Å². The molecule has 0 aliphatic carbocycles. The highest BCUT2D eigenvalue weighted by Gasteiger charge is 2.27. The number of benzene rings is 2. The first-order chi connectivity index (χ1) is 15.4. The monoisotopic (exact) mass is 452 g/mol. The van der Waals surface area contributed by atoms with Crippen molar-refractivity contribution >= 4 is 22.1 Å². The summed E-state index contributed by atoms with van der Waals surface area (Å²) in [5, 5.41) is 3.90. The fourth-order valence-electron chi connectivity index (χ4n) is 3.00. The number of sulfonamides is 1. The number of nitrogens with zero attached hydrogens (tertiary/aromatic N) is 3. The van der Waals surface area contributed by atoms with E-state index in [0.717, 1.165) is 15.4 Å². The number of carbonyl (C=O) groups excluding carboxylic acids is 1. The number of hydrogen-bond donors (Lipinski definition) is 1. The minimum Gasteiger partial charge on any atom is -0.496 e. The van der Waals surface area contributed by atoms with Crippen LogP contribution >= 0.6 is 0 Å². The van der Waals surface area contributed by atoms with Crippen molar-refractivity contribution in [2.45, 2.75) is 18.4 Å². The van der Waals surface area contributed by atoms with Crippen LogP contribution in [0.5, 0.6) is 5.75 Å². The van der Waals surface area contributed by atoms with E-state index in [9.17, 15) is 13.2 Å². The Labute approximate surface area is 187 Å². The molecule has 8 nitrogen and oxygen atoms in total. The lowest BCUT2D eigenvalue weighted by Crippen LogP contribution is -2.39. The minimum atomic E-state index is -3.96. The van der Waals surface area contributed by atoms with Gasteiger partial charge in [-0.2, -0.15) is 9.41 Å². The number of rotatable bonds is 9. The van der Waals surface area contributed by atoms with Crippen LogP contribution in [-0.4, -0.2) is 43.5 Å². The normalized spacial score (nSPS) is 11.6. The van der Waals surface area contributed by atoms with Gasteiger partial charge in [-0.1, -0.05) is 30.3 Å². The maximum Gasteiger partial charge on any atom is 0.255 e. The molecule has 166 valence electrons. The summed E-state index contributed by atoms with van der Waals surface area (Å²) in [7, 11) is -2.44. The van der Waals surface area contributed by atoms with Gasteiger partial charge < -0.3 is 4.74 Å². The third kappa shape index (κ3) is 5.99. The van der Waals surface area contributed by atoms with Gasteiger partial charge in [0, 0.05) is 18.9 Å². The molecule has 3 aromatic rings. The molecule has 0 saturated heterocycles. The Kier molecular flexibility index (Phi) is 7.69. The Morgan fingerprint density at radius 2 is 1.84 bits per heavy atom. The van der Waals surface area contributed by atoms with Gasteiger partial charge in [0.1, 0.15) is 5.75 Å². The molecule has 2 aromatic carbocycles. The van der Waals surface area contributed by atoms with Crippen LogP contribution in [0, 0.1) is 6.92 Å². The van der Waals surface area contributed by atoms with Crippen molar-refractivity contribution in [2.75, 3.05) is 13.7 Å². The zero-order valence-electron chi connectivity index (χ0n) is 17.8. The molecule has 0 unspecified atom stereocenters. The number of amides is 1. The fraction of sp³-hybridized carbons (Fsp3) is 0.174. The van der Waals surface area contributed by atoms with Gasteiger partial charge in [0.2, 0.25) is 10.0 Å². The van der Waals surface area contributed by atoms with E-state index in [0.29, 0.717) is 11.3 Å². The van der Waals surface area contributed by atoms with Crippen molar-refractivity contribution < 1.29 is 17.9 Å². The topological polar surface area (TPSA) is 101 Å². The third-order valence-electron chi connectivity index (χ3n) is 4.63. The number of carbonyl (C=O) groups is 1. The Morgan fingerprint density at radius 1 is 1.12 bits per heavy atom. The Hall–Kier alpha value is -3.56. The van der Waals surface area contributed by atoms with E-state index in [1.54, 1.807) is 49.6 Å². The van der Waals surface area contributed by atoms with E-state index in [2.05, 4.69) is 15.5 Å². The first-order valence-electron chi connectivity index (χ1n) is 9.81. The number of methoxy groups -OCH3 is 1. The van der Waals surface area contributed by atoms with Crippen LogP contribution in [0.4, 0.5) is 0 Å². The zero-order valence-corrected chi connectivity index (χ0v) is 18.6. The molecule has 0 aliphatic rings. The predicted molar refractivity (Wildman–Crippen MR) is 122 cm³/mol. The largest absolute Gasteiger partial charge is 0.496 e. The maximum absolute atomic E-state index is 13.4. The second-order valence-electron chi connectivity index (χ2n) is 6.96. The van der Waals surface area contributed by atoms with Gasteiger partial charge in [0.15, 0.2) is 0 Å². The van der Waals surface area contributed by atoms with Crippen LogP contribution in [0.1, 0.15) is 16.7 Å². The van der Waals surface area contributed by atoms with Crippen molar-refractivity contribution in [2.24, 2.45) is 5.10 Å². The highest BCUT2D eigenvalue weighted by molar-refractivity contribution is 7.89. The van der Waals surface area contributed by atoms with E-state index in [-0.39, 0.29) is 11.4 Å². The number of ether oxygens (including phenoxy) is 1. The molecule has 0 bridgehead atoms. The molecule has 32 heavy (non-hydrogen) atoms. The van der Waals surface area contributed by atoms with Gasteiger partial charge in [0.25, 0.3) is 5.91 Å². The summed E-state index contributed by atoms with van der Waals surface area (Å²) >= 11 is 0. The predicted octanol–water partition coefficient (Wildman–Crippen LogP) is 2.74. The first kappa shape index (κ1) is 23.1. The highest BCUT2D eigenvalue weighted by atomic mass is 32.2. The van der Waals surface area contributed by atoms with E-state index >= 15 is 0 Å². The molecule has 1 N–H and O–H groups in total. The summed E-state index contributed by atoms with van der Waals surface area (Å²) in [4.78, 5) is 16.5. The molecular formula is C23H24N4O4S. The smallest absolute Gasteiger partial charge is 0.255 e. The molecule has 0 atom stereocenters. The van der Waals surface area contributed by atoms with Gasteiger partial charge in [0.05, 0.1) is 24.8 Å². The SMILES string of the molecule is COc1ccc(S(=O)(=O)N(CC(=O)N/N=C/c2ccncc2)Cc2ccccc2)cc1C. The lowest BCUT2D eigenvalue weighted by molar-refractivity contribution is -0.121. The van der Waals surface area contributed by atoms with E-state index in [1.165, 1.54) is 25.5 Å². The lowest BCUT2D eigenvalue weighted by Gasteiger charge is -2.22. The third-order valence-corrected chi connectivity index (χ3v) is 6.42. The maximum atomic E-state index is 13.4. The summed E-state index contributed by atoms with van der Waals surface area (Å²) in [6.45, 7) is 1.41. The molecular weight excluding hydrogens is 428 g/mol. The van der Waals surface area contributed by atoms with E-state index in [1.807, 2.05) is 18.2 Å². The van der Waals surface area contributed by atoms with E-state index in [4.69, 9.17) is 4.74 Å². The minimum absolute atomic E-state index is 0.0374. The van der Waals surface area contributed by atoms with Gasteiger partial charge in [-0.05, 0) is 53.9 Å². The molecule has 0 radical (unpaired) electrons. The molecule has 0 fully saturated rings. The van der Waals surface area contributed by atoms with Crippen LogP contribution < -0.4 is 10.2 Å². The van der Waals surface area contributed by atoms with Gasteiger partial charge in [-0.15, -0.1) is 0 Å². The summed E-state index contributed by atoms with van der Waals surface area (Å²) in [6, 6.07) is 17.2. The molecule has 1 aromatic heterocycles. The van der Waals surface area contributed by atoms with Crippen molar-refractivity contribution in [1.82, 2.24) is 14.7 Å². The van der Waals surface area contributed by atoms with Gasteiger partial charge >= 0.3 is 0 Å². The van der Waals surface area contributed by atoms with Crippen LogP contribution in [0.25, 0.3) is 0 Å². The van der Waals surface area contributed by atoms with Crippen molar-refractivity contribution in [3.8, 4) is 5.75 Å². The van der Waals surface area contributed by atoms with Crippen LogP contribution in [-0.2, 0) is 21.4 Å². The van der Waals surface area contributed by atoms with Crippen molar-refractivity contribution in [3.63, 3.8) is 0 Å². The highest BCUT2D eigenvalue weighted by Crippen LogP contribution is 2.24. The van der Waals surface area contributed by atoms with Crippen LogP contribution in [0.15, 0.2) is 83.1 Å². The lowest BCUT2D eigenvalue weighted by atomic mass is 10.2. The fourth-order valence-corrected chi connectivity index (χ4v) is 4.47. The van der Waals surface area contributed by atoms with Gasteiger partial charge in [-0.25, -0.2) is 13.8 Å². The number of hydrogen-bond acceptors (Lipinski definition) is 6. The second kappa shape index (κ2) is 10.7. The molecule has 9 heteroatoms. The Balaban J connectivity index is 1.82. The van der Waals surface area contributed by atoms with Crippen LogP contribution in [0.3, 0.4) is 0 Å². The zero-order chi connectivity index (χ0) is 23.0. The quantitative estimate of drug-likeness (QED) is 0.397. The molecule has 0 aliphatic heterocycles. The number of aryl methyl sites for hydroxylation is 1. The Morgan fingerprint density at radius 3 is 2.50 bits per heavy atom. The van der Waals surface area contributed by atoms with Gasteiger partial charge in [-0.3, -0.25) is 9.78 Å². The summed E-state index contributed by atoms with van der Waals surface area (Å²) in [5.41, 5.74) is 4.58. The Bertz CT molecular complexity index is 1180. The average Bonchev–Trinajstić information content (AvgIpc) is 2.80. The first-order valence-corrected chi connectivity index (χ1v) is 11.2. The summed E-state index contributed by atoms with van der Waals surface area (Å²) in [5.74, 6) is 0.0294. The molecule has 0 spiro atoms. The summed E-state index contributed by atoms with van der Waals surface area (Å²) < 4.78 is 33.1. The number of pyridine rings is 1. The molecule has 0 saturated carbocycles. The molecule has 1 heterocycles. The van der Waals surface area contributed by atoms with E-state index < -0.39 is 22.5 Å². The second-order valence-corrected chi connectivity index (χ2v) is 8.90. The average molecular weight is 453 g/mol. The molecule has 1 amide bonds.